The first-order valence-corrected chi connectivity index (χ1v) is 7.49. The van der Waals surface area contributed by atoms with Crippen LogP contribution in [0.4, 0.5) is 8.78 Å². The fourth-order valence-electron chi connectivity index (χ4n) is 2.08. The number of halogens is 2. The largest absolute Gasteiger partial charge is 0.452 e. The fraction of sp³-hybridized carbons (Fsp3) is 0.222. The molecule has 0 spiro atoms. The van der Waals surface area contributed by atoms with Crippen LogP contribution < -0.4 is 5.32 Å². The molecule has 0 unspecified atom stereocenters. The molecule has 0 aliphatic heterocycles. The van der Waals surface area contributed by atoms with Crippen molar-refractivity contribution >= 4 is 11.9 Å². The topological polar surface area (TPSA) is 55.4 Å². The summed E-state index contributed by atoms with van der Waals surface area (Å²) in [5.74, 6) is -3.30. The number of carbonyl (C=O) groups is 2. The van der Waals surface area contributed by atoms with Crippen molar-refractivity contribution in [3.63, 3.8) is 0 Å². The van der Waals surface area contributed by atoms with Gasteiger partial charge >= 0.3 is 5.97 Å². The molecule has 0 radical (unpaired) electrons. The Kier molecular flexibility index (Phi) is 6.42. The summed E-state index contributed by atoms with van der Waals surface area (Å²) >= 11 is 0. The molecule has 1 amide bonds. The summed E-state index contributed by atoms with van der Waals surface area (Å²) in [5.41, 5.74) is 0.762. The predicted molar refractivity (Wildman–Crippen MR) is 84.4 cm³/mol. The number of rotatable bonds is 7. The monoisotopic (exact) mass is 333 g/mol. The quantitative estimate of drug-likeness (QED) is 0.626. The Labute approximate surface area is 138 Å². The SMILES string of the molecule is O=C(COC(=O)c1ccc(F)cc1F)NCCCc1ccccc1. The van der Waals surface area contributed by atoms with E-state index < -0.39 is 35.7 Å². The minimum atomic E-state index is -1.02. The van der Waals surface area contributed by atoms with Crippen molar-refractivity contribution in [2.45, 2.75) is 12.8 Å². The molecule has 126 valence electrons. The van der Waals surface area contributed by atoms with Gasteiger partial charge in [-0.05, 0) is 30.5 Å². The Hall–Kier alpha value is -2.76. The van der Waals surface area contributed by atoms with Crippen molar-refractivity contribution < 1.29 is 23.1 Å². The van der Waals surface area contributed by atoms with Crippen molar-refractivity contribution in [3.8, 4) is 0 Å². The normalized spacial score (nSPS) is 10.2. The predicted octanol–water partition coefficient (Wildman–Crippen LogP) is 2.87. The Morgan fingerprint density at radius 2 is 1.79 bits per heavy atom. The van der Waals surface area contributed by atoms with Gasteiger partial charge in [0.05, 0.1) is 5.56 Å². The van der Waals surface area contributed by atoms with Crippen molar-refractivity contribution in [3.05, 3.63) is 71.3 Å². The summed E-state index contributed by atoms with van der Waals surface area (Å²) in [4.78, 5) is 23.2. The van der Waals surface area contributed by atoms with Gasteiger partial charge in [0.2, 0.25) is 0 Å². The molecule has 0 fully saturated rings. The number of amides is 1. The van der Waals surface area contributed by atoms with Gasteiger partial charge in [0.15, 0.2) is 6.61 Å². The molecule has 0 saturated carbocycles. The van der Waals surface area contributed by atoms with E-state index in [4.69, 9.17) is 4.74 Å². The van der Waals surface area contributed by atoms with Gasteiger partial charge in [-0.3, -0.25) is 4.79 Å². The molecule has 0 aliphatic rings. The highest BCUT2D eigenvalue weighted by Crippen LogP contribution is 2.10. The zero-order valence-electron chi connectivity index (χ0n) is 12.9. The molecule has 0 heterocycles. The van der Waals surface area contributed by atoms with Gasteiger partial charge in [-0.2, -0.15) is 0 Å². The van der Waals surface area contributed by atoms with Crippen molar-refractivity contribution in [2.24, 2.45) is 0 Å². The van der Waals surface area contributed by atoms with E-state index >= 15 is 0 Å². The van der Waals surface area contributed by atoms with Crippen molar-refractivity contribution in [1.82, 2.24) is 5.32 Å². The van der Waals surface area contributed by atoms with Gasteiger partial charge in [-0.15, -0.1) is 0 Å². The Morgan fingerprint density at radius 1 is 1.04 bits per heavy atom. The van der Waals surface area contributed by atoms with E-state index in [1.165, 1.54) is 5.56 Å². The molecule has 4 nitrogen and oxygen atoms in total. The lowest BCUT2D eigenvalue weighted by Gasteiger charge is -2.07. The van der Waals surface area contributed by atoms with Crippen LogP contribution in [0.2, 0.25) is 0 Å². The van der Waals surface area contributed by atoms with Crippen LogP contribution in [0, 0.1) is 11.6 Å². The van der Waals surface area contributed by atoms with Crippen LogP contribution in [-0.4, -0.2) is 25.0 Å². The van der Waals surface area contributed by atoms with E-state index in [1.807, 2.05) is 30.3 Å². The van der Waals surface area contributed by atoms with Crippen LogP contribution in [0.3, 0.4) is 0 Å². The average Bonchev–Trinajstić information content (AvgIpc) is 2.57. The Bertz CT molecular complexity index is 705. The lowest BCUT2D eigenvalue weighted by molar-refractivity contribution is -0.124. The summed E-state index contributed by atoms with van der Waals surface area (Å²) < 4.78 is 30.9. The van der Waals surface area contributed by atoms with E-state index in [2.05, 4.69) is 5.32 Å². The molecule has 0 atom stereocenters. The molecule has 0 aromatic heterocycles. The molecule has 0 bridgehead atoms. The average molecular weight is 333 g/mol. The van der Waals surface area contributed by atoms with Crippen molar-refractivity contribution in [2.75, 3.05) is 13.2 Å². The highest BCUT2D eigenvalue weighted by atomic mass is 19.1. The lowest BCUT2D eigenvalue weighted by atomic mass is 10.1. The summed E-state index contributed by atoms with van der Waals surface area (Å²) in [7, 11) is 0. The second-order valence-corrected chi connectivity index (χ2v) is 5.14. The zero-order chi connectivity index (χ0) is 17.4. The van der Waals surface area contributed by atoms with E-state index in [9.17, 15) is 18.4 Å². The Morgan fingerprint density at radius 3 is 2.50 bits per heavy atom. The molecular formula is C18H17F2NO3. The number of esters is 1. The highest BCUT2D eigenvalue weighted by Gasteiger charge is 2.15. The van der Waals surface area contributed by atoms with Gasteiger partial charge in [0.25, 0.3) is 5.91 Å². The van der Waals surface area contributed by atoms with Gasteiger partial charge in [0, 0.05) is 12.6 Å². The molecule has 24 heavy (non-hydrogen) atoms. The van der Waals surface area contributed by atoms with E-state index in [0.717, 1.165) is 25.0 Å². The zero-order valence-corrected chi connectivity index (χ0v) is 12.9. The minimum absolute atomic E-state index is 0.409. The van der Waals surface area contributed by atoms with Crippen LogP contribution in [0.25, 0.3) is 0 Å². The first kappa shape index (κ1) is 17.6. The molecule has 2 aromatic rings. The molecule has 1 N–H and O–H groups in total. The van der Waals surface area contributed by atoms with Crippen LogP contribution in [0.15, 0.2) is 48.5 Å². The number of ether oxygens (including phenoxy) is 1. The standard InChI is InChI=1S/C18H17F2NO3/c19-14-8-9-15(16(20)11-14)18(23)24-12-17(22)21-10-4-7-13-5-2-1-3-6-13/h1-3,5-6,8-9,11H,4,7,10,12H2,(H,21,22). The third kappa shape index (κ3) is 5.46. The van der Waals surface area contributed by atoms with Gasteiger partial charge in [-0.1, -0.05) is 30.3 Å². The number of carbonyl (C=O) groups excluding carboxylic acids is 2. The Balaban J connectivity index is 1.68. The first-order chi connectivity index (χ1) is 11.6. The third-order valence-corrected chi connectivity index (χ3v) is 3.29. The van der Waals surface area contributed by atoms with Crippen molar-refractivity contribution in [1.29, 1.82) is 0 Å². The second kappa shape index (κ2) is 8.76. The maximum atomic E-state index is 13.4. The molecule has 0 aliphatic carbocycles. The number of benzene rings is 2. The number of hydrogen-bond donors (Lipinski definition) is 1. The summed E-state index contributed by atoms with van der Waals surface area (Å²) in [6.45, 7) is -0.0722. The maximum absolute atomic E-state index is 13.4. The number of aryl methyl sites for hydroxylation is 1. The van der Waals surface area contributed by atoms with Crippen LogP contribution in [-0.2, 0) is 16.0 Å². The highest BCUT2D eigenvalue weighted by molar-refractivity contribution is 5.91. The van der Waals surface area contributed by atoms with E-state index in [1.54, 1.807) is 0 Å². The van der Waals surface area contributed by atoms with E-state index in [-0.39, 0.29) is 0 Å². The lowest BCUT2D eigenvalue weighted by Crippen LogP contribution is -2.30. The number of nitrogens with one attached hydrogen (secondary N) is 1. The third-order valence-electron chi connectivity index (χ3n) is 3.29. The van der Waals surface area contributed by atoms with Gasteiger partial charge in [-0.25, -0.2) is 13.6 Å². The van der Waals surface area contributed by atoms with Gasteiger partial charge in [0.1, 0.15) is 11.6 Å². The first-order valence-electron chi connectivity index (χ1n) is 7.49. The maximum Gasteiger partial charge on any atom is 0.341 e. The smallest absolute Gasteiger partial charge is 0.341 e. The number of hydrogen-bond acceptors (Lipinski definition) is 3. The van der Waals surface area contributed by atoms with E-state index in [0.29, 0.717) is 12.6 Å². The molecular weight excluding hydrogens is 316 g/mol. The molecule has 2 rings (SSSR count). The molecule has 0 saturated heterocycles. The van der Waals surface area contributed by atoms with Crippen LogP contribution >= 0.6 is 0 Å². The van der Waals surface area contributed by atoms with Crippen LogP contribution in [0.5, 0.6) is 0 Å². The summed E-state index contributed by atoms with van der Waals surface area (Å²) in [5, 5.41) is 2.61. The molecule has 6 heteroatoms. The molecule has 2 aromatic carbocycles. The summed E-state index contributed by atoms with van der Waals surface area (Å²) in [6.07, 6.45) is 1.57. The second-order valence-electron chi connectivity index (χ2n) is 5.14. The summed E-state index contributed by atoms with van der Waals surface area (Å²) in [6, 6.07) is 12.3. The van der Waals surface area contributed by atoms with Gasteiger partial charge < -0.3 is 10.1 Å². The fourth-order valence-corrected chi connectivity index (χ4v) is 2.08. The van der Waals surface area contributed by atoms with Crippen LogP contribution in [0.1, 0.15) is 22.3 Å². The minimum Gasteiger partial charge on any atom is -0.452 e.